The molecule has 108 valence electrons. The first kappa shape index (κ1) is 14.5. The molecular formula is C15H19F2N3. The number of hydrogen-bond acceptors (Lipinski definition) is 2. The fraction of sp³-hybridized carbons (Fsp3) is 0.400. The van der Waals surface area contributed by atoms with E-state index in [9.17, 15) is 8.78 Å². The van der Waals surface area contributed by atoms with Crippen molar-refractivity contribution in [1.82, 2.24) is 9.55 Å². The smallest absolute Gasteiger partial charge is 0.203 e. The number of hydrogen-bond donors (Lipinski definition) is 1. The number of nitrogens with zero attached hydrogens (tertiary/aromatic N) is 2. The molecule has 0 radical (unpaired) electrons. The van der Waals surface area contributed by atoms with Gasteiger partial charge in [-0.1, -0.05) is 19.9 Å². The van der Waals surface area contributed by atoms with Crippen molar-refractivity contribution in [2.75, 3.05) is 11.9 Å². The number of imidazole rings is 1. The molecule has 0 atom stereocenters. The molecule has 0 saturated heterocycles. The van der Waals surface area contributed by atoms with Crippen molar-refractivity contribution in [1.29, 1.82) is 0 Å². The van der Waals surface area contributed by atoms with Gasteiger partial charge in [-0.15, -0.1) is 0 Å². The molecule has 1 N–H and O–H groups in total. The maximum atomic E-state index is 13.7. The predicted octanol–water partition coefficient (Wildman–Crippen LogP) is 3.59. The molecule has 0 unspecified atom stereocenters. The minimum absolute atomic E-state index is 0.327. The number of aromatic nitrogens is 2. The summed E-state index contributed by atoms with van der Waals surface area (Å²) in [5.41, 5.74) is 1.30. The van der Waals surface area contributed by atoms with Gasteiger partial charge < -0.3 is 9.88 Å². The Bertz CT molecular complexity index is 591. The molecule has 1 aromatic carbocycles. The third-order valence-electron chi connectivity index (χ3n) is 2.92. The van der Waals surface area contributed by atoms with Crippen LogP contribution in [0, 0.1) is 24.5 Å². The second-order valence-electron chi connectivity index (χ2n) is 5.34. The molecule has 0 spiro atoms. The molecule has 2 aromatic rings. The first-order valence-electron chi connectivity index (χ1n) is 6.67. The van der Waals surface area contributed by atoms with E-state index < -0.39 is 11.6 Å². The molecule has 0 bridgehead atoms. The Morgan fingerprint density at radius 1 is 1.30 bits per heavy atom. The van der Waals surface area contributed by atoms with Crippen LogP contribution in [-0.2, 0) is 6.54 Å². The Morgan fingerprint density at radius 2 is 2.05 bits per heavy atom. The second-order valence-corrected chi connectivity index (χ2v) is 5.34. The first-order chi connectivity index (χ1) is 9.45. The molecule has 1 aromatic heterocycles. The zero-order chi connectivity index (χ0) is 14.7. The van der Waals surface area contributed by atoms with Crippen molar-refractivity contribution >= 4 is 5.95 Å². The Balaban J connectivity index is 2.20. The Kier molecular flexibility index (Phi) is 4.37. The van der Waals surface area contributed by atoms with Crippen LogP contribution >= 0.6 is 0 Å². The molecule has 0 amide bonds. The Morgan fingerprint density at radius 3 is 2.70 bits per heavy atom. The van der Waals surface area contributed by atoms with Crippen molar-refractivity contribution in [3.8, 4) is 0 Å². The SMILES string of the molecule is Cc1cn(Cc2ccc(F)cc2F)c(NCC(C)C)n1. The van der Waals surface area contributed by atoms with Crippen molar-refractivity contribution in [3.63, 3.8) is 0 Å². The summed E-state index contributed by atoms with van der Waals surface area (Å²) in [7, 11) is 0. The van der Waals surface area contributed by atoms with Crippen molar-refractivity contribution in [2.45, 2.75) is 27.3 Å². The summed E-state index contributed by atoms with van der Waals surface area (Å²) in [6.07, 6.45) is 1.85. The van der Waals surface area contributed by atoms with Crippen LogP contribution in [-0.4, -0.2) is 16.1 Å². The zero-order valence-electron chi connectivity index (χ0n) is 12.0. The highest BCUT2D eigenvalue weighted by Gasteiger charge is 2.10. The van der Waals surface area contributed by atoms with E-state index in [1.54, 1.807) is 0 Å². The van der Waals surface area contributed by atoms with Gasteiger partial charge in [0, 0.05) is 24.4 Å². The highest BCUT2D eigenvalue weighted by atomic mass is 19.1. The molecule has 0 aliphatic heterocycles. The van der Waals surface area contributed by atoms with Crippen LogP contribution in [0.4, 0.5) is 14.7 Å². The quantitative estimate of drug-likeness (QED) is 0.906. The van der Waals surface area contributed by atoms with Gasteiger partial charge in [-0.05, 0) is 18.9 Å². The number of aryl methyl sites for hydroxylation is 1. The second kappa shape index (κ2) is 6.03. The van der Waals surface area contributed by atoms with Crippen molar-refractivity contribution in [3.05, 3.63) is 47.3 Å². The van der Waals surface area contributed by atoms with Gasteiger partial charge in [-0.2, -0.15) is 0 Å². The van der Waals surface area contributed by atoms with Gasteiger partial charge in [0.1, 0.15) is 11.6 Å². The van der Waals surface area contributed by atoms with Crippen molar-refractivity contribution < 1.29 is 8.78 Å². The van der Waals surface area contributed by atoms with E-state index in [0.717, 1.165) is 18.3 Å². The van der Waals surface area contributed by atoms with Crippen LogP contribution in [0.15, 0.2) is 24.4 Å². The topological polar surface area (TPSA) is 29.9 Å². The monoisotopic (exact) mass is 279 g/mol. The van der Waals surface area contributed by atoms with Crippen LogP contribution in [0.3, 0.4) is 0 Å². The van der Waals surface area contributed by atoms with Crippen LogP contribution in [0.2, 0.25) is 0 Å². The van der Waals surface area contributed by atoms with Crippen LogP contribution < -0.4 is 5.32 Å². The summed E-state index contributed by atoms with van der Waals surface area (Å²) < 4.78 is 28.4. The molecule has 2 rings (SSSR count). The van der Waals surface area contributed by atoms with Gasteiger partial charge in [0.2, 0.25) is 5.95 Å². The molecule has 0 saturated carbocycles. The summed E-state index contributed by atoms with van der Waals surface area (Å²) in [6.45, 7) is 7.22. The molecule has 0 fully saturated rings. The third-order valence-corrected chi connectivity index (χ3v) is 2.92. The Labute approximate surface area is 117 Å². The van der Waals surface area contributed by atoms with Gasteiger partial charge in [0.15, 0.2) is 0 Å². The largest absolute Gasteiger partial charge is 0.355 e. The van der Waals surface area contributed by atoms with Gasteiger partial charge in [-0.25, -0.2) is 13.8 Å². The molecule has 1 heterocycles. The predicted molar refractivity (Wildman–Crippen MR) is 75.8 cm³/mol. The van der Waals surface area contributed by atoms with E-state index in [0.29, 0.717) is 24.0 Å². The van der Waals surface area contributed by atoms with Gasteiger partial charge in [0.05, 0.1) is 12.2 Å². The lowest BCUT2D eigenvalue weighted by Crippen LogP contribution is -2.13. The summed E-state index contributed by atoms with van der Waals surface area (Å²) in [5, 5.41) is 3.24. The first-order valence-corrected chi connectivity index (χ1v) is 6.67. The minimum Gasteiger partial charge on any atom is -0.355 e. The standard InChI is InChI=1S/C15H19F2N3/c1-10(2)7-18-15-19-11(3)8-20(15)9-12-4-5-13(16)6-14(12)17/h4-6,8,10H,7,9H2,1-3H3,(H,18,19). The van der Waals surface area contributed by atoms with E-state index in [4.69, 9.17) is 0 Å². The van der Waals surface area contributed by atoms with Gasteiger partial charge in [0.25, 0.3) is 0 Å². The van der Waals surface area contributed by atoms with Crippen molar-refractivity contribution in [2.24, 2.45) is 5.92 Å². The van der Waals surface area contributed by atoms with E-state index in [1.165, 1.54) is 12.1 Å². The van der Waals surface area contributed by atoms with E-state index >= 15 is 0 Å². The van der Waals surface area contributed by atoms with E-state index in [1.807, 2.05) is 17.7 Å². The number of halogens is 2. The van der Waals surface area contributed by atoms with Crippen LogP contribution in [0.25, 0.3) is 0 Å². The van der Waals surface area contributed by atoms with Crippen LogP contribution in [0.1, 0.15) is 25.1 Å². The number of rotatable bonds is 5. The summed E-state index contributed by atoms with van der Waals surface area (Å²) >= 11 is 0. The lowest BCUT2D eigenvalue weighted by atomic mass is 10.2. The number of nitrogens with one attached hydrogen (secondary N) is 1. The maximum absolute atomic E-state index is 13.7. The summed E-state index contributed by atoms with van der Waals surface area (Å²) in [5.74, 6) is 0.0975. The molecule has 3 nitrogen and oxygen atoms in total. The third kappa shape index (κ3) is 3.56. The molecule has 20 heavy (non-hydrogen) atoms. The Hall–Kier alpha value is -1.91. The normalized spacial score (nSPS) is 11.1. The van der Waals surface area contributed by atoms with E-state index in [2.05, 4.69) is 24.1 Å². The number of benzene rings is 1. The average Bonchev–Trinajstić information content (AvgIpc) is 2.70. The van der Waals surface area contributed by atoms with Crippen LogP contribution in [0.5, 0.6) is 0 Å². The lowest BCUT2D eigenvalue weighted by molar-refractivity contribution is 0.566. The fourth-order valence-electron chi connectivity index (χ4n) is 1.94. The summed E-state index contributed by atoms with van der Waals surface area (Å²) in [4.78, 5) is 4.38. The highest BCUT2D eigenvalue weighted by molar-refractivity contribution is 5.31. The van der Waals surface area contributed by atoms with E-state index in [-0.39, 0.29) is 0 Å². The molecular weight excluding hydrogens is 260 g/mol. The average molecular weight is 279 g/mol. The minimum atomic E-state index is -0.564. The lowest BCUT2D eigenvalue weighted by Gasteiger charge is -2.12. The fourth-order valence-corrected chi connectivity index (χ4v) is 1.94. The maximum Gasteiger partial charge on any atom is 0.203 e. The molecule has 0 aliphatic rings. The van der Waals surface area contributed by atoms with Gasteiger partial charge in [-0.3, -0.25) is 0 Å². The number of anilines is 1. The van der Waals surface area contributed by atoms with Gasteiger partial charge >= 0.3 is 0 Å². The molecule has 0 aliphatic carbocycles. The molecule has 5 heteroatoms. The summed E-state index contributed by atoms with van der Waals surface area (Å²) in [6, 6.07) is 3.63. The zero-order valence-corrected chi connectivity index (χ0v) is 12.0. The highest BCUT2D eigenvalue weighted by Crippen LogP contribution is 2.15.